The number of rotatable bonds is 4. The number of carbonyl (C=O) groups excluding carboxylic acids is 1. The van der Waals surface area contributed by atoms with Gasteiger partial charge in [-0.15, -0.1) is 0 Å². The number of carbonyl (C=O) groups is 2. The van der Waals surface area contributed by atoms with Crippen LogP contribution in [0.4, 0.5) is 0 Å². The Labute approximate surface area is 113 Å². The average Bonchev–Trinajstić information content (AvgIpc) is 2.34. The predicted molar refractivity (Wildman–Crippen MR) is 74.4 cm³/mol. The number of nitrogens with one attached hydrogen (secondary N) is 1. The predicted octanol–water partition coefficient (Wildman–Crippen LogP) is 2.80. The Bertz CT molecular complexity index is 475. The zero-order chi connectivity index (χ0) is 14.6. The second kappa shape index (κ2) is 5.87. The maximum Gasteiger partial charge on any atom is 0.335 e. The first-order valence-corrected chi connectivity index (χ1v) is 6.33. The standard InChI is InChI=1S/C15H21NO3/c1-10(15(2,3)4)9-16-13(17)11-6-5-7-12(8-11)14(18)19/h5-8,10H,9H2,1-4H3,(H,16,17)(H,18,19). The van der Waals surface area contributed by atoms with Gasteiger partial charge in [0.15, 0.2) is 0 Å². The van der Waals surface area contributed by atoms with E-state index in [0.717, 1.165) is 0 Å². The lowest BCUT2D eigenvalue weighted by molar-refractivity contribution is 0.0697. The fraction of sp³-hybridized carbons (Fsp3) is 0.467. The Morgan fingerprint density at radius 3 is 2.37 bits per heavy atom. The van der Waals surface area contributed by atoms with Crippen LogP contribution >= 0.6 is 0 Å². The van der Waals surface area contributed by atoms with E-state index in [1.54, 1.807) is 12.1 Å². The van der Waals surface area contributed by atoms with Crippen LogP contribution in [0.3, 0.4) is 0 Å². The van der Waals surface area contributed by atoms with Crippen molar-refractivity contribution in [1.82, 2.24) is 5.32 Å². The molecule has 104 valence electrons. The number of benzene rings is 1. The van der Waals surface area contributed by atoms with Crippen molar-refractivity contribution in [3.05, 3.63) is 35.4 Å². The molecule has 1 amide bonds. The maximum absolute atomic E-state index is 11.9. The minimum absolute atomic E-state index is 0.121. The van der Waals surface area contributed by atoms with Gasteiger partial charge in [0.2, 0.25) is 0 Å². The maximum atomic E-state index is 11.9. The highest BCUT2D eigenvalue weighted by Gasteiger charge is 2.20. The summed E-state index contributed by atoms with van der Waals surface area (Å²) in [4.78, 5) is 22.8. The van der Waals surface area contributed by atoms with Crippen molar-refractivity contribution in [3.63, 3.8) is 0 Å². The van der Waals surface area contributed by atoms with Gasteiger partial charge in [-0.2, -0.15) is 0 Å². The molecule has 2 N–H and O–H groups in total. The molecule has 4 heteroatoms. The second-order valence-electron chi connectivity index (χ2n) is 5.86. The van der Waals surface area contributed by atoms with Crippen LogP contribution in [0.25, 0.3) is 0 Å². The van der Waals surface area contributed by atoms with Gasteiger partial charge in [0.25, 0.3) is 5.91 Å². The molecule has 0 fully saturated rings. The Kier molecular flexibility index (Phi) is 4.70. The first kappa shape index (κ1) is 15.2. The van der Waals surface area contributed by atoms with Crippen molar-refractivity contribution in [1.29, 1.82) is 0 Å². The molecule has 1 aromatic rings. The Hall–Kier alpha value is -1.84. The summed E-state index contributed by atoms with van der Waals surface area (Å²) in [6.07, 6.45) is 0. The summed E-state index contributed by atoms with van der Waals surface area (Å²) >= 11 is 0. The zero-order valence-electron chi connectivity index (χ0n) is 11.9. The highest BCUT2D eigenvalue weighted by Crippen LogP contribution is 2.24. The van der Waals surface area contributed by atoms with Crippen molar-refractivity contribution in [2.24, 2.45) is 11.3 Å². The summed E-state index contributed by atoms with van der Waals surface area (Å²) in [5.41, 5.74) is 0.619. The molecule has 0 bridgehead atoms. The van der Waals surface area contributed by atoms with Gasteiger partial charge >= 0.3 is 5.97 Å². The molecule has 0 spiro atoms. The van der Waals surface area contributed by atoms with Crippen LogP contribution in [0.5, 0.6) is 0 Å². The first-order valence-electron chi connectivity index (χ1n) is 6.33. The molecule has 1 atom stereocenters. The van der Waals surface area contributed by atoms with Gasteiger partial charge in [0.05, 0.1) is 5.56 Å². The third-order valence-corrected chi connectivity index (χ3v) is 3.42. The molecule has 0 aromatic heterocycles. The normalized spacial score (nSPS) is 12.8. The third kappa shape index (κ3) is 4.39. The van der Waals surface area contributed by atoms with Crippen LogP contribution in [0.15, 0.2) is 24.3 Å². The summed E-state index contributed by atoms with van der Waals surface area (Å²) in [5.74, 6) is -0.934. The molecule has 0 saturated carbocycles. The SMILES string of the molecule is CC(CNC(=O)c1cccc(C(=O)O)c1)C(C)(C)C. The summed E-state index contributed by atoms with van der Waals surface area (Å²) < 4.78 is 0. The van der Waals surface area contributed by atoms with Crippen LogP contribution in [0, 0.1) is 11.3 Å². The van der Waals surface area contributed by atoms with Crippen LogP contribution in [0.2, 0.25) is 0 Å². The van der Waals surface area contributed by atoms with E-state index in [1.807, 2.05) is 0 Å². The monoisotopic (exact) mass is 263 g/mol. The van der Waals surface area contributed by atoms with E-state index in [1.165, 1.54) is 12.1 Å². The number of carboxylic acids is 1. The molecular weight excluding hydrogens is 242 g/mol. The quantitative estimate of drug-likeness (QED) is 0.877. The molecule has 1 aromatic carbocycles. The number of carboxylic acid groups (broad SMARTS) is 1. The van der Waals surface area contributed by atoms with Gasteiger partial charge in [-0.3, -0.25) is 4.79 Å². The zero-order valence-corrected chi connectivity index (χ0v) is 11.9. The van der Waals surface area contributed by atoms with Gasteiger partial charge in [0.1, 0.15) is 0 Å². The Morgan fingerprint density at radius 1 is 1.26 bits per heavy atom. The number of amides is 1. The van der Waals surface area contributed by atoms with E-state index in [9.17, 15) is 9.59 Å². The molecular formula is C15H21NO3. The molecule has 0 saturated heterocycles. The number of hydrogen-bond acceptors (Lipinski definition) is 2. The molecule has 1 unspecified atom stereocenters. The number of hydrogen-bond donors (Lipinski definition) is 2. The van der Waals surface area contributed by atoms with Crippen LogP contribution < -0.4 is 5.32 Å². The third-order valence-electron chi connectivity index (χ3n) is 3.42. The molecule has 0 aliphatic carbocycles. The highest BCUT2D eigenvalue weighted by molar-refractivity contribution is 5.97. The van der Waals surface area contributed by atoms with E-state index >= 15 is 0 Å². The van der Waals surface area contributed by atoms with Crippen molar-refractivity contribution in [3.8, 4) is 0 Å². The van der Waals surface area contributed by atoms with Crippen LogP contribution in [0.1, 0.15) is 48.4 Å². The fourth-order valence-electron chi connectivity index (χ4n) is 1.45. The average molecular weight is 263 g/mol. The topological polar surface area (TPSA) is 66.4 Å². The molecule has 0 heterocycles. The molecule has 4 nitrogen and oxygen atoms in total. The van der Waals surface area contributed by atoms with Gasteiger partial charge in [-0.1, -0.05) is 33.8 Å². The lowest BCUT2D eigenvalue weighted by Gasteiger charge is -2.27. The minimum Gasteiger partial charge on any atom is -0.478 e. The minimum atomic E-state index is -1.03. The molecule has 0 aliphatic heterocycles. The van der Waals surface area contributed by atoms with Crippen molar-refractivity contribution in [2.45, 2.75) is 27.7 Å². The lowest BCUT2D eigenvalue weighted by Crippen LogP contribution is -2.33. The highest BCUT2D eigenvalue weighted by atomic mass is 16.4. The summed E-state index contributed by atoms with van der Waals surface area (Å²) in [6.45, 7) is 9.01. The summed E-state index contributed by atoms with van der Waals surface area (Å²) in [5, 5.41) is 11.7. The largest absolute Gasteiger partial charge is 0.478 e. The molecule has 19 heavy (non-hydrogen) atoms. The van der Waals surface area contributed by atoms with Crippen molar-refractivity contribution in [2.75, 3.05) is 6.54 Å². The van der Waals surface area contributed by atoms with E-state index in [4.69, 9.17) is 5.11 Å². The molecule has 1 rings (SSSR count). The smallest absolute Gasteiger partial charge is 0.335 e. The Morgan fingerprint density at radius 2 is 1.84 bits per heavy atom. The van der Waals surface area contributed by atoms with E-state index in [0.29, 0.717) is 18.0 Å². The lowest BCUT2D eigenvalue weighted by atomic mass is 9.82. The van der Waals surface area contributed by atoms with Crippen molar-refractivity contribution >= 4 is 11.9 Å². The van der Waals surface area contributed by atoms with Gasteiger partial charge in [-0.25, -0.2) is 4.79 Å². The van der Waals surface area contributed by atoms with E-state index in [-0.39, 0.29) is 16.9 Å². The second-order valence-corrected chi connectivity index (χ2v) is 5.86. The van der Waals surface area contributed by atoms with Gasteiger partial charge in [0, 0.05) is 12.1 Å². The first-order chi connectivity index (χ1) is 8.71. The van der Waals surface area contributed by atoms with Gasteiger partial charge < -0.3 is 10.4 Å². The molecule has 0 aliphatic rings. The van der Waals surface area contributed by atoms with Crippen molar-refractivity contribution < 1.29 is 14.7 Å². The van der Waals surface area contributed by atoms with E-state index in [2.05, 4.69) is 33.0 Å². The molecule has 0 radical (unpaired) electrons. The Balaban J connectivity index is 2.69. The summed E-state index contributed by atoms with van der Waals surface area (Å²) in [6, 6.07) is 6.05. The number of aromatic carboxylic acids is 1. The van der Waals surface area contributed by atoms with Gasteiger partial charge in [-0.05, 0) is 29.5 Å². The summed E-state index contributed by atoms with van der Waals surface area (Å²) in [7, 11) is 0. The van der Waals surface area contributed by atoms with Crippen LogP contribution in [-0.4, -0.2) is 23.5 Å². The fourth-order valence-corrected chi connectivity index (χ4v) is 1.45. The van der Waals surface area contributed by atoms with E-state index < -0.39 is 5.97 Å². The van der Waals surface area contributed by atoms with Crippen LogP contribution in [-0.2, 0) is 0 Å².